The lowest BCUT2D eigenvalue weighted by Crippen LogP contribution is -2.36. The van der Waals surface area contributed by atoms with Crippen molar-refractivity contribution in [3.63, 3.8) is 0 Å². The molecule has 2 aromatic rings. The highest BCUT2D eigenvalue weighted by Crippen LogP contribution is 2.24. The molecule has 1 amide bonds. The quantitative estimate of drug-likeness (QED) is 0.777. The molecule has 2 atom stereocenters. The number of carbonyl (C=O) groups is 1. The summed E-state index contributed by atoms with van der Waals surface area (Å²) in [6, 6.07) is 7.77. The lowest BCUT2D eigenvalue weighted by molar-refractivity contribution is -0.122. The topological polar surface area (TPSA) is 63.7 Å². The molecule has 1 aromatic carbocycles. The van der Waals surface area contributed by atoms with Gasteiger partial charge >= 0.3 is 0 Å². The van der Waals surface area contributed by atoms with E-state index in [0.29, 0.717) is 16.9 Å². The van der Waals surface area contributed by atoms with Gasteiger partial charge in [-0.25, -0.2) is 4.98 Å². The summed E-state index contributed by atoms with van der Waals surface area (Å²) in [6.45, 7) is 6.03. The van der Waals surface area contributed by atoms with E-state index in [4.69, 9.17) is 9.47 Å². The summed E-state index contributed by atoms with van der Waals surface area (Å²) in [5.41, 5.74) is 0. The molecule has 0 aliphatic carbocycles. The van der Waals surface area contributed by atoms with Crippen LogP contribution in [-0.2, 0) is 11.3 Å². The number of nitrogens with one attached hydrogen (secondary N) is 1. The number of ether oxygens (including phenoxy) is 2. The third-order valence-electron chi connectivity index (χ3n) is 4.82. The van der Waals surface area contributed by atoms with Crippen LogP contribution in [0.1, 0.15) is 38.0 Å². The number of likely N-dealkylation sites (tertiary alicyclic amines) is 1. The first-order chi connectivity index (χ1) is 13.0. The predicted octanol–water partition coefficient (Wildman–Crippen LogP) is 3.93. The molecule has 6 nitrogen and oxygen atoms in total. The first kappa shape index (κ1) is 19.6. The number of benzene rings is 1. The van der Waals surface area contributed by atoms with Crippen LogP contribution in [0.3, 0.4) is 0 Å². The normalized spacial score (nSPS) is 18.7. The molecule has 7 heteroatoms. The van der Waals surface area contributed by atoms with Crippen LogP contribution in [0.25, 0.3) is 0 Å². The minimum absolute atomic E-state index is 0.210. The van der Waals surface area contributed by atoms with Gasteiger partial charge in [0, 0.05) is 23.7 Å². The third-order valence-corrected chi connectivity index (χ3v) is 5.72. The van der Waals surface area contributed by atoms with Gasteiger partial charge in [0.15, 0.2) is 11.2 Å². The maximum atomic E-state index is 12.4. The van der Waals surface area contributed by atoms with E-state index in [2.05, 4.69) is 22.1 Å². The summed E-state index contributed by atoms with van der Waals surface area (Å²) in [5, 5.41) is 3.47. The van der Waals surface area contributed by atoms with E-state index in [1.165, 1.54) is 35.5 Å². The molecule has 0 saturated carbocycles. The zero-order valence-electron chi connectivity index (χ0n) is 16.1. The molecule has 1 N–H and O–H groups in total. The van der Waals surface area contributed by atoms with Crippen molar-refractivity contribution in [1.82, 2.24) is 9.88 Å². The fourth-order valence-corrected chi connectivity index (χ4v) is 3.99. The van der Waals surface area contributed by atoms with Crippen LogP contribution < -0.4 is 14.8 Å². The highest BCUT2D eigenvalue weighted by molar-refractivity contribution is 7.15. The Labute approximate surface area is 164 Å². The molecule has 27 heavy (non-hydrogen) atoms. The summed E-state index contributed by atoms with van der Waals surface area (Å²) in [7, 11) is 1.61. The molecule has 0 spiro atoms. The van der Waals surface area contributed by atoms with E-state index in [9.17, 15) is 4.79 Å². The standard InChI is InChI=1S/C20H27N3O3S/c1-14-6-4-5-11-23(14)13-18-12-21-20(27-18)22-19(24)15(2)26-17-9-7-16(25-3)8-10-17/h7-10,12,14-15H,4-6,11,13H2,1-3H3,(H,21,22,24). The van der Waals surface area contributed by atoms with Gasteiger partial charge in [0.05, 0.1) is 7.11 Å². The lowest BCUT2D eigenvalue weighted by Gasteiger charge is -2.32. The average molecular weight is 390 g/mol. The summed E-state index contributed by atoms with van der Waals surface area (Å²) in [4.78, 5) is 20.4. The van der Waals surface area contributed by atoms with E-state index in [1.54, 1.807) is 38.3 Å². The van der Waals surface area contributed by atoms with E-state index in [-0.39, 0.29) is 5.91 Å². The maximum absolute atomic E-state index is 12.4. The minimum atomic E-state index is -0.618. The second-order valence-corrected chi connectivity index (χ2v) is 7.99. The summed E-state index contributed by atoms with van der Waals surface area (Å²) < 4.78 is 10.8. The van der Waals surface area contributed by atoms with Crippen molar-refractivity contribution in [3.8, 4) is 11.5 Å². The van der Waals surface area contributed by atoms with Gasteiger partial charge in [0.2, 0.25) is 0 Å². The molecule has 1 aromatic heterocycles. The maximum Gasteiger partial charge on any atom is 0.266 e. The number of carbonyl (C=O) groups excluding carboxylic acids is 1. The van der Waals surface area contributed by atoms with Crippen molar-refractivity contribution in [2.75, 3.05) is 19.0 Å². The van der Waals surface area contributed by atoms with Crippen LogP contribution in [0.15, 0.2) is 30.5 Å². The number of nitrogens with zero attached hydrogens (tertiary/aromatic N) is 2. The molecule has 3 rings (SSSR count). The second-order valence-electron chi connectivity index (χ2n) is 6.87. The number of piperidine rings is 1. The predicted molar refractivity (Wildman–Crippen MR) is 108 cm³/mol. The van der Waals surface area contributed by atoms with Gasteiger partial charge in [-0.2, -0.15) is 0 Å². The van der Waals surface area contributed by atoms with E-state index < -0.39 is 6.10 Å². The third kappa shape index (κ3) is 5.43. The number of hydrogen-bond donors (Lipinski definition) is 1. The molecule has 1 fully saturated rings. The number of thiazole rings is 1. The number of methoxy groups -OCH3 is 1. The van der Waals surface area contributed by atoms with Crippen molar-refractivity contribution in [3.05, 3.63) is 35.3 Å². The van der Waals surface area contributed by atoms with Gasteiger partial charge in [-0.3, -0.25) is 15.0 Å². The van der Waals surface area contributed by atoms with Gasteiger partial charge in [0.1, 0.15) is 11.5 Å². The van der Waals surface area contributed by atoms with Crippen molar-refractivity contribution in [2.24, 2.45) is 0 Å². The Balaban J connectivity index is 1.51. The van der Waals surface area contributed by atoms with Crippen molar-refractivity contribution in [1.29, 1.82) is 0 Å². The average Bonchev–Trinajstić information content (AvgIpc) is 3.11. The highest BCUT2D eigenvalue weighted by Gasteiger charge is 2.20. The first-order valence-electron chi connectivity index (χ1n) is 9.35. The van der Waals surface area contributed by atoms with Crippen LogP contribution in [0.2, 0.25) is 0 Å². The number of aromatic nitrogens is 1. The molecule has 146 valence electrons. The Hall–Kier alpha value is -2.12. The largest absolute Gasteiger partial charge is 0.497 e. The Morgan fingerprint density at radius 3 is 2.78 bits per heavy atom. The highest BCUT2D eigenvalue weighted by atomic mass is 32.1. The van der Waals surface area contributed by atoms with Crippen LogP contribution in [0.4, 0.5) is 5.13 Å². The molecule has 1 saturated heterocycles. The van der Waals surface area contributed by atoms with Gasteiger partial charge in [-0.1, -0.05) is 6.42 Å². The Kier molecular flexibility index (Phi) is 6.68. The Morgan fingerprint density at radius 1 is 1.33 bits per heavy atom. The van der Waals surface area contributed by atoms with Gasteiger partial charge in [0.25, 0.3) is 5.91 Å². The van der Waals surface area contributed by atoms with Crippen LogP contribution in [0, 0.1) is 0 Å². The zero-order valence-corrected chi connectivity index (χ0v) is 16.9. The Morgan fingerprint density at radius 2 is 2.07 bits per heavy atom. The van der Waals surface area contributed by atoms with Crippen molar-refractivity contribution in [2.45, 2.75) is 51.8 Å². The van der Waals surface area contributed by atoms with Crippen molar-refractivity contribution < 1.29 is 14.3 Å². The van der Waals surface area contributed by atoms with E-state index >= 15 is 0 Å². The number of hydrogen-bond acceptors (Lipinski definition) is 6. The second kappa shape index (κ2) is 9.19. The van der Waals surface area contributed by atoms with E-state index in [0.717, 1.165) is 18.8 Å². The minimum Gasteiger partial charge on any atom is -0.497 e. The van der Waals surface area contributed by atoms with Crippen LogP contribution >= 0.6 is 11.3 Å². The summed E-state index contributed by atoms with van der Waals surface area (Å²) in [5.74, 6) is 1.16. The van der Waals surface area contributed by atoms with Gasteiger partial charge in [-0.15, -0.1) is 11.3 Å². The van der Waals surface area contributed by atoms with Gasteiger partial charge in [-0.05, 0) is 57.5 Å². The monoisotopic (exact) mass is 389 g/mol. The first-order valence-corrected chi connectivity index (χ1v) is 10.2. The number of anilines is 1. The fraction of sp³-hybridized carbons (Fsp3) is 0.500. The smallest absolute Gasteiger partial charge is 0.266 e. The molecule has 2 unspecified atom stereocenters. The zero-order chi connectivity index (χ0) is 19.2. The van der Waals surface area contributed by atoms with Crippen LogP contribution in [-0.4, -0.2) is 41.6 Å². The molecular weight excluding hydrogens is 362 g/mol. The molecule has 2 heterocycles. The molecule has 0 bridgehead atoms. The van der Waals surface area contributed by atoms with Gasteiger partial charge < -0.3 is 9.47 Å². The summed E-state index contributed by atoms with van der Waals surface area (Å²) in [6.07, 6.45) is 5.06. The molecular formula is C20H27N3O3S. The SMILES string of the molecule is COc1ccc(OC(C)C(=O)Nc2ncc(CN3CCCCC3C)s2)cc1. The Bertz CT molecular complexity index is 747. The molecule has 0 radical (unpaired) electrons. The lowest BCUT2D eigenvalue weighted by atomic mass is 10.0. The number of amides is 1. The van der Waals surface area contributed by atoms with Crippen molar-refractivity contribution >= 4 is 22.4 Å². The number of rotatable bonds is 7. The summed E-state index contributed by atoms with van der Waals surface area (Å²) >= 11 is 1.53. The van der Waals surface area contributed by atoms with Crippen LogP contribution in [0.5, 0.6) is 11.5 Å². The molecule has 1 aliphatic rings. The van der Waals surface area contributed by atoms with E-state index in [1.807, 2.05) is 6.20 Å². The fourth-order valence-electron chi connectivity index (χ4n) is 3.15. The molecule has 1 aliphatic heterocycles.